The van der Waals surface area contributed by atoms with Crippen LogP contribution in [0.15, 0.2) is 36.7 Å². The zero-order chi connectivity index (χ0) is 20.9. The molecule has 158 valence electrons. The van der Waals surface area contributed by atoms with Crippen LogP contribution in [0.2, 0.25) is 0 Å². The molecule has 0 aliphatic carbocycles. The Morgan fingerprint density at radius 2 is 1.55 bits per heavy atom. The Kier molecular flexibility index (Phi) is 10.2. The fraction of sp³-hybridized carbons (Fsp3) is 0.542. The summed E-state index contributed by atoms with van der Waals surface area (Å²) in [6, 6.07) is 7.27. The van der Waals surface area contributed by atoms with E-state index in [4.69, 9.17) is 9.47 Å². The standard InChI is InChI=1S/C24H34N2O3/c1-4-6-7-8-9-10-16-28-22-17-25-23(26-18-22)20-12-14-21(15-13-20)29-24(27)19(3)11-5-2/h12-15,17-19H,4-11,16H2,1-3H3. The minimum atomic E-state index is -0.192. The molecule has 2 aromatic rings. The first-order chi connectivity index (χ1) is 14.1. The number of hydrogen-bond acceptors (Lipinski definition) is 5. The second-order valence-corrected chi connectivity index (χ2v) is 7.49. The predicted molar refractivity (Wildman–Crippen MR) is 116 cm³/mol. The molecule has 1 unspecified atom stereocenters. The Bertz CT molecular complexity index is 714. The lowest BCUT2D eigenvalue weighted by atomic mass is 10.1. The number of esters is 1. The summed E-state index contributed by atoms with van der Waals surface area (Å²) in [5.41, 5.74) is 0.869. The van der Waals surface area contributed by atoms with E-state index in [9.17, 15) is 4.79 Å². The lowest BCUT2D eigenvalue weighted by Crippen LogP contribution is -2.17. The summed E-state index contributed by atoms with van der Waals surface area (Å²) >= 11 is 0. The van der Waals surface area contributed by atoms with Crippen LogP contribution in [0.25, 0.3) is 11.4 Å². The average Bonchev–Trinajstić information content (AvgIpc) is 2.74. The van der Waals surface area contributed by atoms with Crippen molar-refractivity contribution >= 4 is 5.97 Å². The molecule has 5 heteroatoms. The zero-order valence-corrected chi connectivity index (χ0v) is 18.0. The molecule has 0 saturated carbocycles. The molecule has 0 amide bonds. The van der Waals surface area contributed by atoms with Crippen molar-refractivity contribution in [1.82, 2.24) is 9.97 Å². The van der Waals surface area contributed by atoms with Gasteiger partial charge in [-0.05, 0) is 37.1 Å². The molecule has 0 aliphatic heterocycles. The average molecular weight is 399 g/mol. The zero-order valence-electron chi connectivity index (χ0n) is 18.0. The molecule has 29 heavy (non-hydrogen) atoms. The summed E-state index contributed by atoms with van der Waals surface area (Å²) in [4.78, 5) is 20.8. The minimum Gasteiger partial charge on any atom is -0.490 e. The quantitative estimate of drug-likeness (QED) is 0.227. The summed E-state index contributed by atoms with van der Waals surface area (Å²) in [5.74, 6) is 1.57. The van der Waals surface area contributed by atoms with E-state index in [1.54, 1.807) is 24.5 Å². The first-order valence-corrected chi connectivity index (χ1v) is 10.9. The van der Waals surface area contributed by atoms with Crippen LogP contribution in [0.4, 0.5) is 0 Å². The highest BCUT2D eigenvalue weighted by atomic mass is 16.5. The Labute approximate surface area is 174 Å². The van der Waals surface area contributed by atoms with Gasteiger partial charge in [0.25, 0.3) is 0 Å². The number of aromatic nitrogens is 2. The van der Waals surface area contributed by atoms with Crippen LogP contribution in [0, 0.1) is 5.92 Å². The maximum absolute atomic E-state index is 12.0. The van der Waals surface area contributed by atoms with E-state index in [0.29, 0.717) is 23.9 Å². The van der Waals surface area contributed by atoms with E-state index in [2.05, 4.69) is 23.8 Å². The van der Waals surface area contributed by atoms with Crippen LogP contribution >= 0.6 is 0 Å². The van der Waals surface area contributed by atoms with Gasteiger partial charge in [-0.15, -0.1) is 0 Å². The van der Waals surface area contributed by atoms with Crippen molar-refractivity contribution in [3.63, 3.8) is 0 Å². The number of carbonyl (C=O) groups excluding carboxylic acids is 1. The van der Waals surface area contributed by atoms with Gasteiger partial charge in [0.1, 0.15) is 5.75 Å². The molecule has 1 aromatic carbocycles. The molecule has 1 heterocycles. The van der Waals surface area contributed by atoms with Crippen LogP contribution in [-0.2, 0) is 4.79 Å². The molecule has 0 fully saturated rings. The number of benzene rings is 1. The van der Waals surface area contributed by atoms with E-state index in [1.807, 2.05) is 19.1 Å². The summed E-state index contributed by atoms with van der Waals surface area (Å²) < 4.78 is 11.2. The van der Waals surface area contributed by atoms with Crippen LogP contribution in [0.5, 0.6) is 11.5 Å². The highest BCUT2D eigenvalue weighted by molar-refractivity contribution is 5.75. The van der Waals surface area contributed by atoms with E-state index >= 15 is 0 Å². The van der Waals surface area contributed by atoms with Crippen molar-refractivity contribution < 1.29 is 14.3 Å². The van der Waals surface area contributed by atoms with Gasteiger partial charge in [-0.25, -0.2) is 9.97 Å². The Balaban J connectivity index is 1.79. The maximum Gasteiger partial charge on any atom is 0.314 e. The van der Waals surface area contributed by atoms with Crippen LogP contribution < -0.4 is 9.47 Å². The number of rotatable bonds is 13. The molecule has 0 saturated heterocycles. The van der Waals surface area contributed by atoms with Gasteiger partial charge >= 0.3 is 5.97 Å². The normalized spacial score (nSPS) is 11.8. The topological polar surface area (TPSA) is 61.3 Å². The van der Waals surface area contributed by atoms with Gasteiger partial charge in [-0.2, -0.15) is 0 Å². The second-order valence-electron chi connectivity index (χ2n) is 7.49. The first-order valence-electron chi connectivity index (χ1n) is 10.9. The van der Waals surface area contributed by atoms with E-state index in [0.717, 1.165) is 24.8 Å². The van der Waals surface area contributed by atoms with Gasteiger partial charge in [0, 0.05) is 5.56 Å². The van der Waals surface area contributed by atoms with Gasteiger partial charge in [-0.1, -0.05) is 59.3 Å². The predicted octanol–water partition coefficient (Wildman–Crippen LogP) is 6.22. The summed E-state index contributed by atoms with van der Waals surface area (Å²) in [5, 5.41) is 0. The van der Waals surface area contributed by atoms with Crippen LogP contribution in [0.1, 0.15) is 72.1 Å². The molecular formula is C24H34N2O3. The molecular weight excluding hydrogens is 364 g/mol. The van der Waals surface area contributed by atoms with Crippen LogP contribution in [0.3, 0.4) is 0 Å². The second kappa shape index (κ2) is 12.9. The minimum absolute atomic E-state index is 0.0908. The summed E-state index contributed by atoms with van der Waals surface area (Å²) in [7, 11) is 0. The highest BCUT2D eigenvalue weighted by Gasteiger charge is 2.14. The molecule has 2 rings (SSSR count). The van der Waals surface area contributed by atoms with Gasteiger partial charge in [0.15, 0.2) is 11.6 Å². The molecule has 0 radical (unpaired) electrons. The fourth-order valence-corrected chi connectivity index (χ4v) is 3.05. The first kappa shape index (κ1) is 22.9. The van der Waals surface area contributed by atoms with Crippen molar-refractivity contribution in [2.75, 3.05) is 6.61 Å². The number of carbonyl (C=O) groups is 1. The molecule has 0 bridgehead atoms. The third-order valence-corrected chi connectivity index (χ3v) is 4.85. The van der Waals surface area contributed by atoms with E-state index in [1.165, 1.54) is 32.1 Å². The Morgan fingerprint density at radius 3 is 2.21 bits per heavy atom. The number of nitrogens with zero attached hydrogens (tertiary/aromatic N) is 2. The van der Waals surface area contributed by atoms with Gasteiger partial charge in [0.2, 0.25) is 0 Å². The van der Waals surface area contributed by atoms with Gasteiger partial charge in [-0.3, -0.25) is 4.79 Å². The smallest absolute Gasteiger partial charge is 0.314 e. The SMILES string of the molecule is CCCCCCCCOc1cnc(-c2ccc(OC(=O)C(C)CCC)cc2)nc1. The monoisotopic (exact) mass is 398 g/mol. The lowest BCUT2D eigenvalue weighted by Gasteiger charge is -2.10. The molecule has 1 atom stereocenters. The number of hydrogen-bond donors (Lipinski definition) is 0. The van der Waals surface area contributed by atoms with Crippen molar-refractivity contribution in [2.24, 2.45) is 5.92 Å². The molecule has 0 spiro atoms. The third-order valence-electron chi connectivity index (χ3n) is 4.85. The Morgan fingerprint density at radius 1 is 0.897 bits per heavy atom. The largest absolute Gasteiger partial charge is 0.490 e. The molecule has 0 aliphatic rings. The Hall–Kier alpha value is -2.43. The number of ether oxygens (including phenoxy) is 2. The summed E-state index contributed by atoms with van der Waals surface area (Å²) in [6.45, 7) is 6.88. The van der Waals surface area contributed by atoms with Crippen molar-refractivity contribution in [2.45, 2.75) is 72.1 Å². The number of unbranched alkanes of at least 4 members (excludes halogenated alkanes) is 5. The van der Waals surface area contributed by atoms with Crippen molar-refractivity contribution in [3.8, 4) is 22.9 Å². The van der Waals surface area contributed by atoms with Crippen LogP contribution in [-0.4, -0.2) is 22.5 Å². The van der Waals surface area contributed by atoms with E-state index < -0.39 is 0 Å². The summed E-state index contributed by atoms with van der Waals surface area (Å²) in [6.07, 6.45) is 12.6. The molecule has 5 nitrogen and oxygen atoms in total. The van der Waals surface area contributed by atoms with Gasteiger partial charge < -0.3 is 9.47 Å². The van der Waals surface area contributed by atoms with Gasteiger partial charge in [0.05, 0.1) is 24.9 Å². The van der Waals surface area contributed by atoms with E-state index in [-0.39, 0.29) is 11.9 Å². The third kappa shape index (κ3) is 8.22. The fourth-order valence-electron chi connectivity index (χ4n) is 3.05. The lowest BCUT2D eigenvalue weighted by molar-refractivity contribution is -0.138. The van der Waals surface area contributed by atoms with Crippen molar-refractivity contribution in [3.05, 3.63) is 36.7 Å². The maximum atomic E-state index is 12.0. The molecule has 1 aromatic heterocycles. The molecule has 0 N–H and O–H groups in total. The highest BCUT2D eigenvalue weighted by Crippen LogP contribution is 2.21. The van der Waals surface area contributed by atoms with Crippen molar-refractivity contribution in [1.29, 1.82) is 0 Å².